The average Bonchev–Trinajstić information content (AvgIpc) is 2.94. The van der Waals surface area contributed by atoms with Crippen LogP contribution in [0.4, 0.5) is 5.69 Å². The summed E-state index contributed by atoms with van der Waals surface area (Å²) in [5, 5.41) is 3.13. The number of hydrogen-bond donors (Lipinski definition) is 1. The average molecular weight is 355 g/mol. The molecule has 0 saturated heterocycles. The molecule has 0 aliphatic carbocycles. The Morgan fingerprint density at radius 3 is 2.11 bits per heavy atom. The monoisotopic (exact) mass is 355 g/mol. The third kappa shape index (κ3) is 3.35. The van der Waals surface area contributed by atoms with Crippen LogP contribution in [0.2, 0.25) is 0 Å². The van der Waals surface area contributed by atoms with Crippen molar-refractivity contribution in [3.8, 4) is 0 Å². The molecule has 0 fully saturated rings. The molecule has 0 saturated carbocycles. The van der Waals surface area contributed by atoms with Crippen LogP contribution >= 0.6 is 0 Å². The molecule has 27 heavy (non-hydrogen) atoms. The number of para-hydroxylation sites is 1. The Kier molecular flexibility index (Phi) is 4.49. The molecule has 5 nitrogen and oxygen atoms in total. The summed E-state index contributed by atoms with van der Waals surface area (Å²) in [5.74, 6) is -0.677. The summed E-state index contributed by atoms with van der Waals surface area (Å²) < 4.78 is 0. The van der Waals surface area contributed by atoms with Gasteiger partial charge in [0.15, 0.2) is 0 Å². The van der Waals surface area contributed by atoms with Crippen LogP contribution in [0.3, 0.4) is 0 Å². The maximum Gasteiger partial charge on any atom is 0.278 e. The molecular formula is C22H17N3O2. The number of carbonyl (C=O) groups excluding carboxylic acids is 2. The van der Waals surface area contributed by atoms with Crippen molar-refractivity contribution in [3.63, 3.8) is 0 Å². The summed E-state index contributed by atoms with van der Waals surface area (Å²) in [4.78, 5) is 31.6. The first kappa shape index (κ1) is 16.7. The molecule has 0 spiro atoms. The van der Waals surface area contributed by atoms with Gasteiger partial charge in [0.05, 0.1) is 17.8 Å². The van der Waals surface area contributed by atoms with Crippen molar-refractivity contribution in [2.75, 3.05) is 5.32 Å². The van der Waals surface area contributed by atoms with E-state index in [1.807, 2.05) is 66.7 Å². The Bertz CT molecular complexity index is 1000. The molecule has 0 unspecified atom stereocenters. The summed E-state index contributed by atoms with van der Waals surface area (Å²) in [6, 6.07) is 24.0. The first-order valence-corrected chi connectivity index (χ1v) is 8.62. The standard InChI is InChI=1S/C22H17N3O2/c26-21-19(16-9-3-1-4-10-16)20(24-17-11-5-2-6-12-17)22(27)25(21)15-18-13-7-8-14-23-18/h1-14,24H,15H2. The number of aromatic nitrogens is 1. The summed E-state index contributed by atoms with van der Waals surface area (Å²) in [6.45, 7) is 0.134. The maximum atomic E-state index is 13.1. The van der Waals surface area contributed by atoms with Gasteiger partial charge in [-0.2, -0.15) is 0 Å². The van der Waals surface area contributed by atoms with E-state index in [4.69, 9.17) is 0 Å². The highest BCUT2D eigenvalue weighted by atomic mass is 16.2. The van der Waals surface area contributed by atoms with E-state index in [0.29, 0.717) is 16.8 Å². The lowest BCUT2D eigenvalue weighted by atomic mass is 10.0. The van der Waals surface area contributed by atoms with Crippen molar-refractivity contribution >= 4 is 23.1 Å². The molecular weight excluding hydrogens is 338 g/mol. The van der Waals surface area contributed by atoms with E-state index >= 15 is 0 Å². The van der Waals surface area contributed by atoms with E-state index < -0.39 is 0 Å². The molecule has 1 aromatic heterocycles. The molecule has 2 heterocycles. The Labute approximate surface area is 157 Å². The van der Waals surface area contributed by atoms with Crippen molar-refractivity contribution in [2.24, 2.45) is 0 Å². The van der Waals surface area contributed by atoms with Gasteiger partial charge in [0.2, 0.25) is 0 Å². The predicted octanol–water partition coefficient (Wildman–Crippen LogP) is 3.47. The van der Waals surface area contributed by atoms with Crippen LogP contribution in [-0.2, 0) is 16.1 Å². The minimum Gasteiger partial charge on any atom is -0.350 e. The number of rotatable bonds is 5. The van der Waals surface area contributed by atoms with Crippen LogP contribution in [0.1, 0.15) is 11.3 Å². The summed E-state index contributed by atoms with van der Waals surface area (Å²) in [6.07, 6.45) is 1.65. The lowest BCUT2D eigenvalue weighted by Crippen LogP contribution is -2.32. The molecule has 1 N–H and O–H groups in total. The Morgan fingerprint density at radius 2 is 1.44 bits per heavy atom. The molecule has 1 aliphatic rings. The maximum absolute atomic E-state index is 13.1. The fourth-order valence-electron chi connectivity index (χ4n) is 3.03. The van der Waals surface area contributed by atoms with Gasteiger partial charge >= 0.3 is 0 Å². The second-order valence-corrected chi connectivity index (χ2v) is 6.12. The van der Waals surface area contributed by atoms with Crippen LogP contribution in [0, 0.1) is 0 Å². The SMILES string of the molecule is O=C1C(Nc2ccccc2)=C(c2ccccc2)C(=O)N1Cc1ccccn1. The number of anilines is 1. The molecule has 132 valence electrons. The molecule has 5 heteroatoms. The summed E-state index contributed by atoms with van der Waals surface area (Å²) in [7, 11) is 0. The number of hydrogen-bond acceptors (Lipinski definition) is 4. The van der Waals surface area contributed by atoms with Crippen LogP contribution in [0.25, 0.3) is 5.57 Å². The van der Waals surface area contributed by atoms with E-state index in [1.54, 1.807) is 18.3 Å². The molecule has 2 aromatic carbocycles. The van der Waals surface area contributed by atoms with Gasteiger partial charge in [0.25, 0.3) is 11.8 Å². The second-order valence-electron chi connectivity index (χ2n) is 6.12. The van der Waals surface area contributed by atoms with Gasteiger partial charge in [-0.25, -0.2) is 0 Å². The van der Waals surface area contributed by atoms with Gasteiger partial charge in [-0.3, -0.25) is 19.5 Å². The zero-order chi connectivity index (χ0) is 18.6. The lowest BCUT2D eigenvalue weighted by molar-refractivity contribution is -0.137. The predicted molar refractivity (Wildman–Crippen MR) is 103 cm³/mol. The minimum atomic E-state index is -0.353. The highest BCUT2D eigenvalue weighted by molar-refractivity contribution is 6.36. The van der Waals surface area contributed by atoms with Crippen molar-refractivity contribution < 1.29 is 9.59 Å². The first-order valence-electron chi connectivity index (χ1n) is 8.62. The number of amides is 2. The lowest BCUT2D eigenvalue weighted by Gasteiger charge is -2.14. The van der Waals surface area contributed by atoms with Gasteiger partial charge in [-0.15, -0.1) is 0 Å². The Hall–Kier alpha value is -3.73. The Balaban J connectivity index is 1.73. The van der Waals surface area contributed by atoms with Crippen LogP contribution < -0.4 is 5.32 Å². The molecule has 0 radical (unpaired) electrons. The molecule has 2 amide bonds. The van der Waals surface area contributed by atoms with Crippen molar-refractivity contribution in [3.05, 3.63) is 102 Å². The van der Waals surface area contributed by atoms with Crippen molar-refractivity contribution in [1.82, 2.24) is 9.88 Å². The molecule has 3 aromatic rings. The minimum absolute atomic E-state index is 0.134. The van der Waals surface area contributed by atoms with E-state index in [0.717, 1.165) is 5.69 Å². The normalized spacial score (nSPS) is 14.0. The zero-order valence-electron chi connectivity index (χ0n) is 14.5. The molecule has 4 rings (SSSR count). The van der Waals surface area contributed by atoms with E-state index in [1.165, 1.54) is 4.90 Å². The van der Waals surface area contributed by atoms with Crippen LogP contribution in [0.5, 0.6) is 0 Å². The van der Waals surface area contributed by atoms with Gasteiger partial charge in [-0.05, 0) is 29.8 Å². The van der Waals surface area contributed by atoms with E-state index in [9.17, 15) is 9.59 Å². The first-order chi connectivity index (χ1) is 13.2. The van der Waals surface area contributed by atoms with E-state index in [2.05, 4.69) is 10.3 Å². The fraction of sp³-hybridized carbons (Fsp3) is 0.0455. The molecule has 0 atom stereocenters. The Morgan fingerprint density at radius 1 is 0.778 bits per heavy atom. The van der Waals surface area contributed by atoms with E-state index in [-0.39, 0.29) is 24.1 Å². The third-order valence-corrected chi connectivity index (χ3v) is 4.32. The highest BCUT2D eigenvalue weighted by Gasteiger charge is 2.39. The number of nitrogens with one attached hydrogen (secondary N) is 1. The number of pyridine rings is 1. The van der Waals surface area contributed by atoms with Crippen molar-refractivity contribution in [2.45, 2.75) is 6.54 Å². The largest absolute Gasteiger partial charge is 0.350 e. The molecule has 0 bridgehead atoms. The van der Waals surface area contributed by atoms with Crippen LogP contribution in [-0.4, -0.2) is 21.7 Å². The smallest absolute Gasteiger partial charge is 0.278 e. The second kappa shape index (κ2) is 7.25. The zero-order valence-corrected chi connectivity index (χ0v) is 14.5. The number of carbonyl (C=O) groups is 2. The van der Waals surface area contributed by atoms with Gasteiger partial charge in [-0.1, -0.05) is 54.6 Å². The third-order valence-electron chi connectivity index (χ3n) is 4.32. The van der Waals surface area contributed by atoms with Gasteiger partial charge in [0, 0.05) is 11.9 Å². The number of imide groups is 1. The fourth-order valence-corrected chi connectivity index (χ4v) is 3.03. The highest BCUT2D eigenvalue weighted by Crippen LogP contribution is 2.31. The van der Waals surface area contributed by atoms with Crippen molar-refractivity contribution in [1.29, 1.82) is 0 Å². The topological polar surface area (TPSA) is 62.3 Å². The number of nitrogens with zero attached hydrogens (tertiary/aromatic N) is 2. The quantitative estimate of drug-likeness (QED) is 0.712. The summed E-state index contributed by atoms with van der Waals surface area (Å²) >= 11 is 0. The molecule has 1 aliphatic heterocycles. The van der Waals surface area contributed by atoms with Crippen LogP contribution in [0.15, 0.2) is 90.8 Å². The summed E-state index contributed by atoms with van der Waals surface area (Å²) in [5.41, 5.74) is 2.78. The van der Waals surface area contributed by atoms with Gasteiger partial charge in [0.1, 0.15) is 5.70 Å². The number of benzene rings is 2. The van der Waals surface area contributed by atoms with Gasteiger partial charge < -0.3 is 5.32 Å².